The summed E-state index contributed by atoms with van der Waals surface area (Å²) in [6.45, 7) is 1.81. The molecule has 4 rings (SSSR count). The van der Waals surface area contributed by atoms with E-state index in [-0.39, 0.29) is 12.5 Å². The molecular formula is C25H22N4O3S. The van der Waals surface area contributed by atoms with E-state index >= 15 is 0 Å². The Morgan fingerprint density at radius 1 is 0.970 bits per heavy atom. The molecule has 0 saturated carbocycles. The molecule has 33 heavy (non-hydrogen) atoms. The van der Waals surface area contributed by atoms with Crippen molar-refractivity contribution in [3.8, 4) is 11.3 Å². The molecule has 0 atom stereocenters. The summed E-state index contributed by atoms with van der Waals surface area (Å²) in [5.74, 6) is -1.23. The van der Waals surface area contributed by atoms with Crippen LogP contribution in [0.1, 0.15) is 25.6 Å². The highest BCUT2D eigenvalue weighted by Crippen LogP contribution is 2.25. The first kappa shape index (κ1) is 22.2. The number of benzene rings is 2. The van der Waals surface area contributed by atoms with Crippen LogP contribution in [-0.4, -0.2) is 41.2 Å². The van der Waals surface area contributed by atoms with E-state index in [1.807, 2.05) is 55.5 Å². The molecule has 166 valence electrons. The molecule has 2 aromatic carbocycles. The second kappa shape index (κ2) is 9.62. The first-order valence-electron chi connectivity index (χ1n) is 10.3. The van der Waals surface area contributed by atoms with Gasteiger partial charge in [-0.25, -0.2) is 4.98 Å². The van der Waals surface area contributed by atoms with Crippen LogP contribution in [-0.2, 0) is 4.79 Å². The number of aromatic nitrogens is 1. The van der Waals surface area contributed by atoms with E-state index in [9.17, 15) is 14.4 Å². The van der Waals surface area contributed by atoms with Gasteiger partial charge in [0.1, 0.15) is 6.54 Å². The summed E-state index contributed by atoms with van der Waals surface area (Å²) in [7, 11) is 1.54. The molecule has 0 saturated heterocycles. The number of nitrogens with zero attached hydrogens (tertiary/aromatic N) is 2. The lowest BCUT2D eigenvalue weighted by molar-refractivity contribution is -0.122. The summed E-state index contributed by atoms with van der Waals surface area (Å²) >= 11 is 1.30. The molecular weight excluding hydrogens is 436 g/mol. The van der Waals surface area contributed by atoms with Crippen molar-refractivity contribution in [1.82, 2.24) is 20.7 Å². The number of nitrogens with one attached hydrogen (secondary N) is 2. The van der Waals surface area contributed by atoms with Crippen molar-refractivity contribution in [3.63, 3.8) is 0 Å². The summed E-state index contributed by atoms with van der Waals surface area (Å²) in [6, 6.07) is 20.4. The summed E-state index contributed by atoms with van der Waals surface area (Å²) in [6.07, 6.45) is 0. The largest absolute Gasteiger partial charge is 0.332 e. The molecule has 3 amide bonds. The van der Waals surface area contributed by atoms with E-state index < -0.39 is 11.8 Å². The molecule has 8 heteroatoms. The van der Waals surface area contributed by atoms with Crippen LogP contribution < -0.4 is 10.9 Å². The number of likely N-dealkylation sites (N-methyl/N-ethyl adjacent to an activating group) is 1. The van der Waals surface area contributed by atoms with Crippen molar-refractivity contribution in [1.29, 1.82) is 0 Å². The van der Waals surface area contributed by atoms with Crippen molar-refractivity contribution in [2.75, 3.05) is 13.6 Å². The molecule has 4 aromatic rings. The van der Waals surface area contributed by atoms with Crippen LogP contribution in [0.2, 0.25) is 0 Å². The van der Waals surface area contributed by atoms with Gasteiger partial charge in [-0.1, -0.05) is 54.1 Å². The number of pyridine rings is 1. The summed E-state index contributed by atoms with van der Waals surface area (Å²) in [5, 5.41) is 2.47. The third-order valence-corrected chi connectivity index (χ3v) is 5.94. The monoisotopic (exact) mass is 458 g/mol. The summed E-state index contributed by atoms with van der Waals surface area (Å²) in [5.41, 5.74) is 8.59. The molecule has 0 spiro atoms. The van der Waals surface area contributed by atoms with Crippen LogP contribution in [0.3, 0.4) is 0 Å². The Balaban J connectivity index is 1.50. The van der Waals surface area contributed by atoms with E-state index in [1.54, 1.807) is 23.6 Å². The lowest BCUT2D eigenvalue weighted by Gasteiger charge is -2.16. The quantitative estimate of drug-likeness (QED) is 0.445. The second-order valence-corrected chi connectivity index (χ2v) is 8.53. The zero-order valence-corrected chi connectivity index (χ0v) is 19.0. The van der Waals surface area contributed by atoms with Crippen LogP contribution in [0.5, 0.6) is 0 Å². The van der Waals surface area contributed by atoms with E-state index in [1.165, 1.54) is 23.3 Å². The van der Waals surface area contributed by atoms with Gasteiger partial charge in [0.05, 0.1) is 21.7 Å². The number of aryl methyl sites for hydroxylation is 1. The number of hydrogen-bond acceptors (Lipinski definition) is 5. The van der Waals surface area contributed by atoms with Crippen LogP contribution in [0, 0.1) is 6.92 Å². The van der Waals surface area contributed by atoms with Gasteiger partial charge in [0.2, 0.25) is 0 Å². The third-order valence-electron chi connectivity index (χ3n) is 5.08. The van der Waals surface area contributed by atoms with E-state index in [0.29, 0.717) is 27.0 Å². The number of carbonyl (C=O) groups excluding carboxylic acids is 3. The van der Waals surface area contributed by atoms with Gasteiger partial charge in [-0.2, -0.15) is 0 Å². The number of para-hydroxylation sites is 1. The fourth-order valence-corrected chi connectivity index (χ4v) is 4.06. The Kier molecular flexibility index (Phi) is 6.46. The molecule has 2 N–H and O–H groups in total. The lowest BCUT2D eigenvalue weighted by atomic mass is 10.0. The smallest absolute Gasteiger partial charge is 0.270 e. The molecule has 0 aliphatic rings. The Morgan fingerprint density at radius 3 is 2.45 bits per heavy atom. The number of amides is 3. The maximum absolute atomic E-state index is 13.0. The standard InChI is InChI=1S/C25H22N4O3S/c1-16-9-11-17(12-10-16)21-14-19(18-6-3-4-7-20(18)26-21)24(31)28-27-23(30)15-29(2)25(32)22-8-5-13-33-22/h3-14H,15H2,1-2H3,(H,27,30)(H,28,31). The number of thiophene rings is 1. The Bertz CT molecular complexity index is 1320. The highest BCUT2D eigenvalue weighted by Gasteiger charge is 2.18. The molecule has 0 aliphatic carbocycles. The Hall–Kier alpha value is -4.04. The minimum absolute atomic E-state index is 0.192. The Morgan fingerprint density at radius 2 is 1.73 bits per heavy atom. The van der Waals surface area contributed by atoms with Crippen molar-refractivity contribution in [2.45, 2.75) is 6.92 Å². The molecule has 0 aliphatic heterocycles. The molecule has 7 nitrogen and oxygen atoms in total. The maximum atomic E-state index is 13.0. The van der Waals surface area contributed by atoms with Crippen LogP contribution >= 0.6 is 11.3 Å². The minimum Gasteiger partial charge on any atom is -0.332 e. The molecule has 0 bridgehead atoms. The maximum Gasteiger partial charge on any atom is 0.270 e. The fourth-order valence-electron chi connectivity index (χ4n) is 3.34. The second-order valence-electron chi connectivity index (χ2n) is 7.58. The van der Waals surface area contributed by atoms with Gasteiger partial charge in [0.25, 0.3) is 17.7 Å². The highest BCUT2D eigenvalue weighted by molar-refractivity contribution is 7.12. The Labute approximate surface area is 195 Å². The molecule has 0 unspecified atom stereocenters. The predicted octanol–water partition coefficient (Wildman–Crippen LogP) is 3.80. The van der Waals surface area contributed by atoms with Gasteiger partial charge in [0, 0.05) is 18.0 Å². The predicted molar refractivity (Wildman–Crippen MR) is 129 cm³/mol. The van der Waals surface area contributed by atoms with E-state index in [4.69, 9.17) is 0 Å². The minimum atomic E-state index is -0.507. The summed E-state index contributed by atoms with van der Waals surface area (Å²) in [4.78, 5) is 44.1. The van der Waals surface area contributed by atoms with Crippen molar-refractivity contribution >= 4 is 40.0 Å². The van der Waals surface area contributed by atoms with Crippen LogP contribution in [0.15, 0.2) is 72.1 Å². The van der Waals surface area contributed by atoms with Gasteiger partial charge in [0.15, 0.2) is 0 Å². The number of hydrogen-bond donors (Lipinski definition) is 2. The zero-order chi connectivity index (χ0) is 23.4. The summed E-state index contributed by atoms with van der Waals surface area (Å²) < 4.78 is 0. The highest BCUT2D eigenvalue weighted by atomic mass is 32.1. The number of fused-ring (bicyclic) bond motifs is 1. The molecule has 0 fully saturated rings. The zero-order valence-electron chi connectivity index (χ0n) is 18.2. The van der Waals surface area contributed by atoms with Gasteiger partial charge < -0.3 is 4.90 Å². The van der Waals surface area contributed by atoms with E-state index in [0.717, 1.165) is 11.1 Å². The third kappa shape index (κ3) is 5.07. The van der Waals surface area contributed by atoms with Gasteiger partial charge in [-0.15, -0.1) is 11.3 Å². The molecule has 2 heterocycles. The van der Waals surface area contributed by atoms with Crippen LogP contribution in [0.25, 0.3) is 22.2 Å². The lowest BCUT2D eigenvalue weighted by Crippen LogP contribution is -2.46. The first-order valence-corrected chi connectivity index (χ1v) is 11.2. The number of carbonyl (C=O) groups is 3. The number of hydrazine groups is 1. The topological polar surface area (TPSA) is 91.4 Å². The van der Waals surface area contributed by atoms with Gasteiger partial charge in [-0.3, -0.25) is 25.2 Å². The van der Waals surface area contributed by atoms with E-state index in [2.05, 4.69) is 15.8 Å². The fraction of sp³-hybridized carbons (Fsp3) is 0.120. The van der Waals surface area contributed by atoms with Crippen molar-refractivity contribution in [2.24, 2.45) is 0 Å². The molecule has 0 radical (unpaired) electrons. The van der Waals surface area contributed by atoms with Gasteiger partial charge in [-0.05, 0) is 30.5 Å². The van der Waals surface area contributed by atoms with Crippen molar-refractivity contribution < 1.29 is 14.4 Å². The van der Waals surface area contributed by atoms with Gasteiger partial charge >= 0.3 is 0 Å². The normalized spacial score (nSPS) is 10.6. The van der Waals surface area contributed by atoms with Crippen molar-refractivity contribution in [3.05, 3.63) is 88.1 Å². The SMILES string of the molecule is Cc1ccc(-c2cc(C(=O)NNC(=O)CN(C)C(=O)c3cccs3)c3ccccc3n2)cc1. The van der Waals surface area contributed by atoms with Crippen LogP contribution in [0.4, 0.5) is 0 Å². The number of rotatable bonds is 5. The first-order chi connectivity index (χ1) is 15.9. The average Bonchev–Trinajstić information content (AvgIpc) is 3.36. The molecule has 2 aromatic heterocycles. The average molecular weight is 459 g/mol.